The quantitative estimate of drug-likeness (QED) is 0.519. The number of aromatic nitrogens is 3. The van der Waals surface area contributed by atoms with Crippen LogP contribution in [0.2, 0.25) is 5.02 Å². The molecule has 0 aliphatic heterocycles. The van der Waals surface area contributed by atoms with Gasteiger partial charge in [0.25, 0.3) is 0 Å². The molecule has 2 aromatic heterocycles. The van der Waals surface area contributed by atoms with Crippen molar-refractivity contribution >= 4 is 17.4 Å². The molecule has 106 valence electrons. The number of aryl methyl sites for hydroxylation is 1. The Balaban J connectivity index is 2.02. The highest BCUT2D eigenvalue weighted by atomic mass is 35.5. The fraction of sp³-hybridized carbons (Fsp3) is 0.250. The Hall–Kier alpha value is -2.15. The molecule has 2 aromatic rings. The molecule has 8 heteroatoms. The van der Waals surface area contributed by atoms with Gasteiger partial charge in [-0.3, -0.25) is 4.68 Å². The lowest BCUT2D eigenvalue weighted by molar-refractivity contribution is 0.124. The number of rotatable bonds is 5. The third kappa shape index (κ3) is 3.24. The lowest BCUT2D eigenvalue weighted by Gasteiger charge is -2.05. The summed E-state index contributed by atoms with van der Waals surface area (Å²) < 4.78 is 14.4. The van der Waals surface area contributed by atoms with Gasteiger partial charge in [0, 0.05) is 6.54 Å². The highest BCUT2D eigenvalue weighted by molar-refractivity contribution is 6.31. The molecule has 0 bridgehead atoms. The summed E-state index contributed by atoms with van der Waals surface area (Å²) >= 11 is 5.98. The minimum atomic E-state index is -0.443. The predicted molar refractivity (Wildman–Crippen MR) is 72.6 cm³/mol. The lowest BCUT2D eigenvalue weighted by Crippen LogP contribution is -2.16. The number of hydrogen-bond donors (Lipinski definition) is 1. The maximum atomic E-state index is 12.7. The van der Waals surface area contributed by atoms with Gasteiger partial charge in [-0.25, -0.2) is 9.37 Å². The maximum Gasteiger partial charge on any atom is 0.188 e. The molecule has 0 radical (unpaired) electrons. The summed E-state index contributed by atoms with van der Waals surface area (Å²) in [5, 5.41) is 8.30. The molecule has 0 saturated carbocycles. The first-order valence-corrected chi connectivity index (χ1v) is 6.27. The first kappa shape index (κ1) is 14.3. The van der Waals surface area contributed by atoms with Gasteiger partial charge in [0.1, 0.15) is 11.5 Å². The number of nitrogens with two attached hydrogens (primary N) is 1. The van der Waals surface area contributed by atoms with Crippen LogP contribution in [0, 0.1) is 5.82 Å². The largest absolute Gasteiger partial charge is 0.387 e. The van der Waals surface area contributed by atoms with E-state index in [1.54, 1.807) is 10.9 Å². The zero-order valence-electron chi connectivity index (χ0n) is 10.8. The summed E-state index contributed by atoms with van der Waals surface area (Å²) in [6, 6.07) is 2.66. The standard InChI is InChI=1S/C12H13ClFN5O/c1-2-19-11(9(13)6-17-19)7-20-18-12(15)10-4-3-8(14)5-16-10/h3-6H,2,7H2,1H3,(H2,15,18). The number of pyridine rings is 1. The zero-order valence-corrected chi connectivity index (χ0v) is 11.5. The van der Waals surface area contributed by atoms with Gasteiger partial charge in [0.15, 0.2) is 12.4 Å². The molecule has 2 heterocycles. The highest BCUT2D eigenvalue weighted by Gasteiger charge is 2.08. The van der Waals surface area contributed by atoms with E-state index in [1.807, 2.05) is 6.92 Å². The van der Waals surface area contributed by atoms with Crippen LogP contribution < -0.4 is 5.73 Å². The van der Waals surface area contributed by atoms with Crippen LogP contribution in [-0.4, -0.2) is 20.6 Å². The van der Waals surface area contributed by atoms with Crippen molar-refractivity contribution in [2.24, 2.45) is 10.9 Å². The van der Waals surface area contributed by atoms with Crippen molar-refractivity contribution in [2.75, 3.05) is 0 Å². The van der Waals surface area contributed by atoms with Crippen molar-refractivity contribution in [1.82, 2.24) is 14.8 Å². The average molecular weight is 298 g/mol. The normalized spacial score (nSPS) is 11.7. The summed E-state index contributed by atoms with van der Waals surface area (Å²) in [7, 11) is 0. The molecule has 0 aromatic carbocycles. The molecule has 0 saturated heterocycles. The van der Waals surface area contributed by atoms with Crippen LogP contribution in [0.15, 0.2) is 29.7 Å². The zero-order chi connectivity index (χ0) is 14.5. The van der Waals surface area contributed by atoms with Crippen molar-refractivity contribution in [3.8, 4) is 0 Å². The van der Waals surface area contributed by atoms with Crippen molar-refractivity contribution in [3.05, 3.63) is 46.8 Å². The third-order valence-corrected chi connectivity index (χ3v) is 2.87. The van der Waals surface area contributed by atoms with Gasteiger partial charge in [-0.2, -0.15) is 5.10 Å². The van der Waals surface area contributed by atoms with Gasteiger partial charge < -0.3 is 10.6 Å². The SMILES string of the molecule is CCn1ncc(Cl)c1CO/N=C(\N)c1ccc(F)cn1. The van der Waals surface area contributed by atoms with E-state index in [-0.39, 0.29) is 12.4 Å². The third-order valence-electron chi connectivity index (χ3n) is 2.55. The molecule has 2 rings (SSSR count). The Morgan fingerprint density at radius 3 is 2.95 bits per heavy atom. The van der Waals surface area contributed by atoms with Crippen molar-refractivity contribution < 1.29 is 9.23 Å². The average Bonchev–Trinajstić information content (AvgIpc) is 2.80. The van der Waals surface area contributed by atoms with Gasteiger partial charge in [0.2, 0.25) is 0 Å². The number of amidine groups is 1. The second-order valence-corrected chi connectivity index (χ2v) is 4.27. The minimum Gasteiger partial charge on any atom is -0.387 e. The van der Waals surface area contributed by atoms with E-state index in [4.69, 9.17) is 22.2 Å². The minimum absolute atomic E-state index is 0.0590. The summed E-state index contributed by atoms with van der Waals surface area (Å²) in [6.45, 7) is 2.74. The van der Waals surface area contributed by atoms with E-state index in [0.29, 0.717) is 23.0 Å². The molecule has 0 atom stereocenters. The van der Waals surface area contributed by atoms with Crippen molar-refractivity contribution in [3.63, 3.8) is 0 Å². The second-order valence-electron chi connectivity index (χ2n) is 3.87. The van der Waals surface area contributed by atoms with Gasteiger partial charge in [0.05, 0.1) is 23.1 Å². The summed E-state index contributed by atoms with van der Waals surface area (Å²) in [6.07, 6.45) is 2.60. The summed E-state index contributed by atoms with van der Waals surface area (Å²) in [5.41, 5.74) is 6.72. The molecular formula is C12H13ClFN5O. The van der Waals surface area contributed by atoms with Gasteiger partial charge in [-0.1, -0.05) is 16.8 Å². The maximum absolute atomic E-state index is 12.7. The fourth-order valence-corrected chi connectivity index (χ4v) is 1.74. The summed E-state index contributed by atoms with van der Waals surface area (Å²) in [4.78, 5) is 8.92. The van der Waals surface area contributed by atoms with Crippen LogP contribution in [0.3, 0.4) is 0 Å². The van der Waals surface area contributed by atoms with Gasteiger partial charge >= 0.3 is 0 Å². The number of hydrogen-bond acceptors (Lipinski definition) is 4. The molecule has 0 aliphatic carbocycles. The van der Waals surface area contributed by atoms with Gasteiger partial charge in [-0.05, 0) is 19.1 Å². The van der Waals surface area contributed by atoms with E-state index in [9.17, 15) is 4.39 Å². The molecule has 0 aliphatic rings. The smallest absolute Gasteiger partial charge is 0.188 e. The number of oxime groups is 1. The Morgan fingerprint density at radius 1 is 1.50 bits per heavy atom. The number of nitrogens with zero attached hydrogens (tertiary/aromatic N) is 4. The first-order valence-electron chi connectivity index (χ1n) is 5.89. The van der Waals surface area contributed by atoms with Crippen LogP contribution in [0.4, 0.5) is 4.39 Å². The molecule has 0 spiro atoms. The Kier molecular flexibility index (Phi) is 4.52. The van der Waals surface area contributed by atoms with Crippen molar-refractivity contribution in [2.45, 2.75) is 20.1 Å². The molecular weight excluding hydrogens is 285 g/mol. The Bertz CT molecular complexity index is 611. The molecule has 0 fully saturated rings. The first-order chi connectivity index (χ1) is 9.61. The van der Waals surface area contributed by atoms with E-state index >= 15 is 0 Å². The molecule has 20 heavy (non-hydrogen) atoms. The molecule has 0 unspecified atom stereocenters. The van der Waals surface area contributed by atoms with Crippen LogP contribution >= 0.6 is 11.6 Å². The molecule has 0 amide bonds. The van der Waals surface area contributed by atoms with E-state index in [2.05, 4.69) is 15.2 Å². The Labute approximate surface area is 120 Å². The summed E-state index contributed by atoms with van der Waals surface area (Å²) in [5.74, 6) is -0.384. The van der Waals surface area contributed by atoms with E-state index in [1.165, 1.54) is 12.1 Å². The molecule has 2 N–H and O–H groups in total. The van der Waals surface area contributed by atoms with Crippen LogP contribution in [0.1, 0.15) is 18.3 Å². The van der Waals surface area contributed by atoms with Crippen LogP contribution in [-0.2, 0) is 18.0 Å². The van der Waals surface area contributed by atoms with E-state index < -0.39 is 5.82 Å². The topological polar surface area (TPSA) is 78.3 Å². The highest BCUT2D eigenvalue weighted by Crippen LogP contribution is 2.16. The van der Waals surface area contributed by atoms with Crippen molar-refractivity contribution in [1.29, 1.82) is 0 Å². The van der Waals surface area contributed by atoms with Gasteiger partial charge in [-0.15, -0.1) is 0 Å². The Morgan fingerprint density at radius 2 is 2.30 bits per heavy atom. The molecule has 6 nitrogen and oxygen atoms in total. The van der Waals surface area contributed by atoms with E-state index in [0.717, 1.165) is 6.20 Å². The predicted octanol–water partition coefficient (Wildman–Crippen LogP) is 1.93. The lowest BCUT2D eigenvalue weighted by atomic mass is 10.3. The van der Waals surface area contributed by atoms with Crippen LogP contribution in [0.5, 0.6) is 0 Å². The second kappa shape index (κ2) is 6.33. The monoisotopic (exact) mass is 297 g/mol. The number of halogens is 2. The fourth-order valence-electron chi connectivity index (χ4n) is 1.54. The van der Waals surface area contributed by atoms with Crippen LogP contribution in [0.25, 0.3) is 0 Å².